The van der Waals surface area contributed by atoms with Crippen LogP contribution in [0.25, 0.3) is 0 Å². The van der Waals surface area contributed by atoms with Crippen molar-refractivity contribution in [3.05, 3.63) is 29.3 Å². The van der Waals surface area contributed by atoms with Crippen LogP contribution in [-0.2, 0) is 17.6 Å². The van der Waals surface area contributed by atoms with E-state index in [1.165, 1.54) is 11.1 Å². The van der Waals surface area contributed by atoms with Gasteiger partial charge in [-0.25, -0.2) is 0 Å². The lowest BCUT2D eigenvalue weighted by molar-refractivity contribution is -0.118. The van der Waals surface area contributed by atoms with Gasteiger partial charge in [0.15, 0.2) is 0 Å². The first-order valence-corrected chi connectivity index (χ1v) is 7.79. The Balaban J connectivity index is 2.17. The van der Waals surface area contributed by atoms with Crippen LogP contribution in [0.1, 0.15) is 50.7 Å². The third-order valence-corrected chi connectivity index (χ3v) is 3.87. The number of amides is 1. The number of nitrogens with zero attached hydrogens (tertiary/aromatic N) is 1. The van der Waals surface area contributed by atoms with Gasteiger partial charge in [-0.1, -0.05) is 25.5 Å². The van der Waals surface area contributed by atoms with Crippen molar-refractivity contribution < 1.29 is 4.79 Å². The zero-order chi connectivity index (χ0) is 14.5. The van der Waals surface area contributed by atoms with E-state index < -0.39 is 0 Å². The summed E-state index contributed by atoms with van der Waals surface area (Å²) in [5.41, 5.74) is 9.57. The molecule has 1 aromatic rings. The molecule has 0 saturated carbocycles. The van der Waals surface area contributed by atoms with Gasteiger partial charge < -0.3 is 10.6 Å². The summed E-state index contributed by atoms with van der Waals surface area (Å²) >= 11 is 0. The maximum absolute atomic E-state index is 12.3. The van der Waals surface area contributed by atoms with Crippen molar-refractivity contribution in [3.63, 3.8) is 0 Å². The summed E-state index contributed by atoms with van der Waals surface area (Å²) < 4.78 is 0. The molecule has 3 heteroatoms. The standard InChI is InChI=1S/C17H26N2O/c1-3-4-7-17(20)19-10-5-6-15-12-14(11-13(2)18)8-9-16(15)19/h8-9,12-13H,3-7,10-11,18H2,1-2H3. The second-order valence-electron chi connectivity index (χ2n) is 5.90. The number of hydrogen-bond donors (Lipinski definition) is 1. The SMILES string of the molecule is CCCCC(=O)N1CCCc2cc(CC(C)N)ccc21. The molecular formula is C17H26N2O. The Labute approximate surface area is 122 Å². The molecule has 1 amide bonds. The van der Waals surface area contributed by atoms with Crippen LogP contribution in [0.15, 0.2) is 18.2 Å². The number of benzene rings is 1. The Morgan fingerprint density at radius 1 is 1.45 bits per heavy atom. The Kier molecular flexibility index (Phi) is 5.18. The van der Waals surface area contributed by atoms with Crippen molar-refractivity contribution in [1.82, 2.24) is 0 Å². The fourth-order valence-corrected chi connectivity index (χ4v) is 2.87. The van der Waals surface area contributed by atoms with Gasteiger partial charge in [-0.3, -0.25) is 4.79 Å². The summed E-state index contributed by atoms with van der Waals surface area (Å²) in [6.07, 6.45) is 5.74. The molecule has 1 aliphatic heterocycles. The molecule has 0 radical (unpaired) electrons. The third kappa shape index (κ3) is 3.60. The van der Waals surface area contributed by atoms with Crippen molar-refractivity contribution in [2.75, 3.05) is 11.4 Å². The van der Waals surface area contributed by atoms with Gasteiger partial charge in [0, 0.05) is 24.7 Å². The number of carbonyl (C=O) groups excluding carboxylic acids is 1. The van der Waals surface area contributed by atoms with Gasteiger partial charge in [-0.05, 0) is 49.8 Å². The van der Waals surface area contributed by atoms with Crippen molar-refractivity contribution in [3.8, 4) is 0 Å². The van der Waals surface area contributed by atoms with E-state index in [-0.39, 0.29) is 11.9 Å². The van der Waals surface area contributed by atoms with Crippen LogP contribution in [0.5, 0.6) is 0 Å². The van der Waals surface area contributed by atoms with E-state index in [0.29, 0.717) is 6.42 Å². The molecule has 1 unspecified atom stereocenters. The van der Waals surface area contributed by atoms with E-state index in [0.717, 1.165) is 44.3 Å². The quantitative estimate of drug-likeness (QED) is 0.897. The number of nitrogens with two attached hydrogens (primary N) is 1. The zero-order valence-electron chi connectivity index (χ0n) is 12.7. The number of carbonyl (C=O) groups is 1. The highest BCUT2D eigenvalue weighted by Gasteiger charge is 2.22. The van der Waals surface area contributed by atoms with Crippen molar-refractivity contribution in [1.29, 1.82) is 0 Å². The van der Waals surface area contributed by atoms with Gasteiger partial charge >= 0.3 is 0 Å². The van der Waals surface area contributed by atoms with Gasteiger partial charge in [0.25, 0.3) is 0 Å². The molecule has 1 atom stereocenters. The highest BCUT2D eigenvalue weighted by atomic mass is 16.2. The highest BCUT2D eigenvalue weighted by Crippen LogP contribution is 2.29. The topological polar surface area (TPSA) is 46.3 Å². The summed E-state index contributed by atoms with van der Waals surface area (Å²) in [4.78, 5) is 14.3. The smallest absolute Gasteiger partial charge is 0.226 e. The lowest BCUT2D eigenvalue weighted by atomic mass is 9.96. The minimum absolute atomic E-state index is 0.180. The molecule has 0 aliphatic carbocycles. The van der Waals surface area contributed by atoms with Crippen LogP contribution in [0.2, 0.25) is 0 Å². The van der Waals surface area contributed by atoms with E-state index in [9.17, 15) is 4.79 Å². The summed E-state index contributed by atoms with van der Waals surface area (Å²) in [5, 5.41) is 0. The molecule has 0 saturated heterocycles. The zero-order valence-corrected chi connectivity index (χ0v) is 12.7. The van der Waals surface area contributed by atoms with Crippen LogP contribution in [0.3, 0.4) is 0 Å². The lowest BCUT2D eigenvalue weighted by Crippen LogP contribution is -2.35. The van der Waals surface area contributed by atoms with Crippen LogP contribution >= 0.6 is 0 Å². The molecule has 0 bridgehead atoms. The van der Waals surface area contributed by atoms with E-state index in [4.69, 9.17) is 5.73 Å². The third-order valence-electron chi connectivity index (χ3n) is 3.87. The second kappa shape index (κ2) is 6.89. The van der Waals surface area contributed by atoms with Gasteiger partial charge in [0.1, 0.15) is 0 Å². The molecule has 2 N–H and O–H groups in total. The molecule has 2 rings (SSSR count). The number of hydrogen-bond acceptors (Lipinski definition) is 2. The first-order chi connectivity index (χ1) is 9.61. The van der Waals surface area contributed by atoms with E-state index >= 15 is 0 Å². The molecule has 1 heterocycles. The molecule has 0 aromatic heterocycles. The predicted molar refractivity (Wildman–Crippen MR) is 84.0 cm³/mol. The molecular weight excluding hydrogens is 248 g/mol. The van der Waals surface area contributed by atoms with Crippen molar-refractivity contribution in [2.24, 2.45) is 5.73 Å². The second-order valence-corrected chi connectivity index (χ2v) is 5.90. The Hall–Kier alpha value is -1.35. The Morgan fingerprint density at radius 3 is 2.95 bits per heavy atom. The maximum Gasteiger partial charge on any atom is 0.226 e. The van der Waals surface area contributed by atoms with Gasteiger partial charge in [-0.15, -0.1) is 0 Å². The first kappa shape index (κ1) is 15.0. The molecule has 3 nitrogen and oxygen atoms in total. The first-order valence-electron chi connectivity index (χ1n) is 7.79. The van der Waals surface area contributed by atoms with Crippen molar-refractivity contribution >= 4 is 11.6 Å². The molecule has 0 fully saturated rings. The van der Waals surface area contributed by atoms with Gasteiger partial charge in [-0.2, -0.15) is 0 Å². The average Bonchev–Trinajstić information content (AvgIpc) is 2.43. The molecule has 1 aromatic carbocycles. The van der Waals surface area contributed by atoms with Crippen LogP contribution in [-0.4, -0.2) is 18.5 Å². The van der Waals surface area contributed by atoms with E-state index in [1.807, 2.05) is 11.8 Å². The Morgan fingerprint density at radius 2 is 2.25 bits per heavy atom. The van der Waals surface area contributed by atoms with Crippen LogP contribution in [0, 0.1) is 0 Å². The predicted octanol–water partition coefficient (Wildman–Crippen LogP) is 3.05. The molecule has 20 heavy (non-hydrogen) atoms. The Bertz CT molecular complexity index is 468. The largest absolute Gasteiger partial charge is 0.328 e. The number of aryl methyl sites for hydroxylation is 1. The highest BCUT2D eigenvalue weighted by molar-refractivity contribution is 5.94. The van der Waals surface area contributed by atoms with Gasteiger partial charge in [0.2, 0.25) is 5.91 Å². The van der Waals surface area contributed by atoms with Crippen LogP contribution < -0.4 is 10.6 Å². The van der Waals surface area contributed by atoms with E-state index in [2.05, 4.69) is 25.1 Å². The van der Waals surface area contributed by atoms with E-state index in [1.54, 1.807) is 0 Å². The number of rotatable bonds is 5. The van der Waals surface area contributed by atoms with Gasteiger partial charge in [0.05, 0.1) is 0 Å². The maximum atomic E-state index is 12.3. The number of unbranched alkanes of at least 4 members (excludes halogenated alkanes) is 1. The monoisotopic (exact) mass is 274 g/mol. The molecule has 1 aliphatic rings. The minimum Gasteiger partial charge on any atom is -0.328 e. The summed E-state index contributed by atoms with van der Waals surface area (Å²) in [6.45, 7) is 5.01. The minimum atomic E-state index is 0.180. The average molecular weight is 274 g/mol. The fraction of sp³-hybridized carbons (Fsp3) is 0.588. The molecule has 0 spiro atoms. The lowest BCUT2D eigenvalue weighted by Gasteiger charge is -2.30. The van der Waals surface area contributed by atoms with Crippen molar-refractivity contribution in [2.45, 2.75) is 58.4 Å². The summed E-state index contributed by atoms with van der Waals surface area (Å²) in [6, 6.07) is 6.64. The summed E-state index contributed by atoms with van der Waals surface area (Å²) in [5.74, 6) is 0.271. The number of fused-ring (bicyclic) bond motifs is 1. The molecule has 110 valence electrons. The number of anilines is 1. The summed E-state index contributed by atoms with van der Waals surface area (Å²) in [7, 11) is 0. The fourth-order valence-electron chi connectivity index (χ4n) is 2.87. The van der Waals surface area contributed by atoms with Crippen LogP contribution in [0.4, 0.5) is 5.69 Å². The normalized spacial score (nSPS) is 15.8.